The maximum atomic E-state index is 10.3. The second-order valence-corrected chi connectivity index (χ2v) is 11.6. The van der Waals surface area contributed by atoms with Gasteiger partial charge in [0.15, 0.2) is 23.0 Å². The van der Waals surface area contributed by atoms with Gasteiger partial charge in [-0.3, -0.25) is 9.80 Å². The number of aromatic hydroxyl groups is 4. The summed E-state index contributed by atoms with van der Waals surface area (Å²) in [6.45, 7) is 2.14. The minimum Gasteiger partial charge on any atom is -0.504 e. The van der Waals surface area contributed by atoms with E-state index in [0.717, 1.165) is 72.2 Å². The van der Waals surface area contributed by atoms with E-state index in [2.05, 4.69) is 60.3 Å². The normalized spacial score (nSPS) is 18.9. The number of halogens is 2. The molecule has 2 atom stereocenters. The van der Waals surface area contributed by atoms with Crippen LogP contribution >= 0.6 is 24.8 Å². The predicted octanol–water partition coefficient (Wildman–Crippen LogP) is 5.72. The van der Waals surface area contributed by atoms with Crippen LogP contribution in [-0.4, -0.2) is 62.9 Å². The van der Waals surface area contributed by atoms with Crippen molar-refractivity contribution in [3.8, 4) is 45.3 Å². The van der Waals surface area contributed by atoms with Crippen LogP contribution in [0.2, 0.25) is 0 Å². The molecule has 4 aromatic carbocycles. The zero-order chi connectivity index (χ0) is 27.7. The Labute approximate surface area is 264 Å². The van der Waals surface area contributed by atoms with Gasteiger partial charge in [0, 0.05) is 36.3 Å². The summed E-state index contributed by atoms with van der Waals surface area (Å²) in [5, 5.41) is 40.1. The lowest BCUT2D eigenvalue weighted by atomic mass is 9.77. The van der Waals surface area contributed by atoms with Crippen molar-refractivity contribution < 1.29 is 25.9 Å². The van der Waals surface area contributed by atoms with E-state index in [1.807, 2.05) is 12.1 Å². The van der Waals surface area contributed by atoms with E-state index in [1.54, 1.807) is 12.1 Å². The molecule has 0 spiro atoms. The van der Waals surface area contributed by atoms with Crippen molar-refractivity contribution in [1.29, 1.82) is 0 Å². The van der Waals surface area contributed by atoms with Crippen LogP contribution in [0.25, 0.3) is 22.3 Å². The third-order valence-corrected chi connectivity index (χ3v) is 9.44. The van der Waals surface area contributed by atoms with Gasteiger partial charge in [0.25, 0.3) is 0 Å². The topological polar surface area (TPSA) is 119 Å². The van der Waals surface area contributed by atoms with Gasteiger partial charge in [-0.05, 0) is 96.4 Å². The Morgan fingerprint density at radius 3 is 1.35 bits per heavy atom. The number of fused-ring (bicyclic) bond motifs is 4. The van der Waals surface area contributed by atoms with Crippen LogP contribution in [0, 0.1) is 0 Å². The molecule has 4 aliphatic rings. The third-order valence-electron chi connectivity index (χ3n) is 9.44. The van der Waals surface area contributed by atoms with Gasteiger partial charge < -0.3 is 25.9 Å². The van der Waals surface area contributed by atoms with Crippen LogP contribution in [-0.2, 0) is 25.7 Å². The first-order valence-electron chi connectivity index (χ1n) is 14.1. The summed E-state index contributed by atoms with van der Waals surface area (Å²) in [5.74, 6) is -0.0434. The van der Waals surface area contributed by atoms with Crippen molar-refractivity contribution in [2.75, 3.05) is 27.2 Å². The van der Waals surface area contributed by atoms with Crippen LogP contribution in [0.15, 0.2) is 60.7 Å². The number of hydrogen-bond donors (Lipinski definition) is 4. The lowest BCUT2D eigenvalue weighted by Crippen LogP contribution is -2.35. The molecule has 9 heteroatoms. The average molecular weight is 626 g/mol. The van der Waals surface area contributed by atoms with Gasteiger partial charge in [-0.25, -0.2) is 0 Å². The summed E-state index contributed by atoms with van der Waals surface area (Å²) in [4.78, 5) is 4.78. The van der Waals surface area contributed by atoms with Crippen molar-refractivity contribution >= 4 is 24.8 Å². The number of rotatable bonds is 0. The molecule has 228 valence electrons. The lowest BCUT2D eigenvalue weighted by molar-refractivity contribution is 0.228. The monoisotopic (exact) mass is 624 g/mol. The first-order chi connectivity index (χ1) is 19.3. The van der Waals surface area contributed by atoms with Gasteiger partial charge in [-0.2, -0.15) is 0 Å². The van der Waals surface area contributed by atoms with Crippen molar-refractivity contribution in [3.05, 3.63) is 94.0 Å². The van der Waals surface area contributed by atoms with Gasteiger partial charge >= 0.3 is 0 Å². The van der Waals surface area contributed by atoms with Crippen molar-refractivity contribution in [1.82, 2.24) is 9.80 Å². The number of phenols is 4. The molecule has 0 saturated carbocycles. The molecular weight excluding hydrogens is 587 g/mol. The van der Waals surface area contributed by atoms with Gasteiger partial charge in [0.1, 0.15) is 0 Å². The van der Waals surface area contributed by atoms with Gasteiger partial charge in [0.2, 0.25) is 0 Å². The van der Waals surface area contributed by atoms with E-state index in [9.17, 15) is 20.4 Å². The van der Waals surface area contributed by atoms with Gasteiger partial charge in [0.05, 0.1) is 0 Å². The number of benzene rings is 4. The van der Waals surface area contributed by atoms with E-state index >= 15 is 0 Å². The second-order valence-electron chi connectivity index (χ2n) is 11.6. The lowest BCUT2D eigenvalue weighted by Gasteiger charge is -2.39. The molecule has 7 nitrogen and oxygen atoms in total. The highest BCUT2D eigenvalue weighted by Gasteiger charge is 2.35. The molecule has 2 aliphatic heterocycles. The molecule has 43 heavy (non-hydrogen) atoms. The molecular formula is C34H38Cl2N2O5. The zero-order valence-electron chi connectivity index (χ0n) is 24.2. The minimum atomic E-state index is -0.0380. The Morgan fingerprint density at radius 2 is 0.953 bits per heavy atom. The molecule has 0 unspecified atom stereocenters. The van der Waals surface area contributed by atoms with E-state index in [-0.39, 0.29) is 53.3 Å². The summed E-state index contributed by atoms with van der Waals surface area (Å²) >= 11 is 0. The summed E-state index contributed by atoms with van der Waals surface area (Å²) in [7, 11) is 4.32. The summed E-state index contributed by atoms with van der Waals surface area (Å²) in [6.07, 6.45) is 3.88. The van der Waals surface area contributed by atoms with Gasteiger partial charge in [-0.1, -0.05) is 48.5 Å². The summed E-state index contributed by atoms with van der Waals surface area (Å²) < 4.78 is 0. The first kappa shape index (κ1) is 32.5. The Balaban J connectivity index is 0.000000184. The molecule has 0 amide bonds. The minimum absolute atomic E-state index is 0. The molecule has 8 rings (SSSR count). The van der Waals surface area contributed by atoms with E-state index in [4.69, 9.17) is 0 Å². The van der Waals surface area contributed by atoms with Crippen LogP contribution in [0.4, 0.5) is 0 Å². The molecule has 0 radical (unpaired) electrons. The summed E-state index contributed by atoms with van der Waals surface area (Å²) in [6, 6.07) is 20.4. The highest BCUT2D eigenvalue weighted by molar-refractivity contribution is 5.86. The molecule has 0 aromatic heterocycles. The van der Waals surface area contributed by atoms with E-state index < -0.39 is 0 Å². The Morgan fingerprint density at radius 1 is 0.558 bits per heavy atom. The van der Waals surface area contributed by atoms with E-state index in [1.165, 1.54) is 22.3 Å². The Hall–Kier alpha value is -3.46. The quantitative estimate of drug-likeness (QED) is 0.186. The number of phenolic OH excluding ortho intramolecular Hbond substituents is 4. The summed E-state index contributed by atoms with van der Waals surface area (Å²) in [5.41, 5.74) is 11.4. The van der Waals surface area contributed by atoms with Crippen molar-refractivity contribution in [3.63, 3.8) is 0 Å². The fraction of sp³-hybridized carbons (Fsp3) is 0.294. The zero-order valence-corrected chi connectivity index (χ0v) is 25.8. The highest BCUT2D eigenvalue weighted by atomic mass is 35.5. The number of hydrogen-bond acceptors (Lipinski definition) is 6. The molecule has 6 N–H and O–H groups in total. The molecule has 0 bridgehead atoms. The highest BCUT2D eigenvalue weighted by Crippen LogP contribution is 2.51. The van der Waals surface area contributed by atoms with E-state index in [0.29, 0.717) is 12.1 Å². The SMILES string of the molecule is CN1CCc2cccc3c2[C@@H]1Cc1ccc(O)c(O)c1-3.CN1CCc2cccc3c2[C@@H]1Cc1ccc(O)c(O)c1-3.Cl.Cl.O. The fourth-order valence-electron chi connectivity index (χ4n) is 7.35. The van der Waals surface area contributed by atoms with Crippen LogP contribution in [0.3, 0.4) is 0 Å². The molecule has 2 heterocycles. The van der Waals surface area contributed by atoms with Crippen molar-refractivity contribution in [2.45, 2.75) is 37.8 Å². The number of nitrogens with zero attached hydrogens (tertiary/aromatic N) is 2. The first-order valence-corrected chi connectivity index (χ1v) is 14.1. The largest absolute Gasteiger partial charge is 0.504 e. The van der Waals surface area contributed by atoms with Crippen molar-refractivity contribution in [2.24, 2.45) is 0 Å². The van der Waals surface area contributed by atoms with Crippen LogP contribution in [0.5, 0.6) is 23.0 Å². The molecule has 0 saturated heterocycles. The fourth-order valence-corrected chi connectivity index (χ4v) is 7.35. The van der Waals surface area contributed by atoms with Crippen LogP contribution < -0.4 is 0 Å². The Kier molecular flexibility index (Phi) is 9.26. The predicted molar refractivity (Wildman–Crippen MR) is 174 cm³/mol. The smallest absolute Gasteiger partial charge is 0.165 e. The Bertz CT molecular complexity index is 1550. The second kappa shape index (κ2) is 12.3. The maximum absolute atomic E-state index is 10.3. The maximum Gasteiger partial charge on any atom is 0.165 e. The average Bonchev–Trinajstić information content (AvgIpc) is 2.96. The molecule has 2 aliphatic carbocycles. The van der Waals surface area contributed by atoms with Gasteiger partial charge in [-0.15, -0.1) is 24.8 Å². The molecule has 4 aromatic rings. The third kappa shape index (κ3) is 5.09. The van der Waals surface area contributed by atoms with Crippen LogP contribution in [0.1, 0.15) is 45.5 Å². The standard InChI is InChI=1S/2C17H17NO2.2ClH.H2O/c2*1-18-8-7-10-3-2-4-12-15(10)13(18)9-11-5-6-14(19)17(20)16(11)12;;;/h2*2-6,13,19-20H,7-9H2,1H3;2*1H;1H2/t2*13-;;;/m00.../s1. The molecule has 0 fully saturated rings. The number of likely N-dealkylation sites (N-methyl/N-ethyl adjacent to an activating group) is 2.